The Morgan fingerprint density at radius 3 is 2.68 bits per heavy atom. The van der Waals surface area contributed by atoms with Crippen LogP contribution in [0, 0.1) is 6.92 Å². The van der Waals surface area contributed by atoms with Gasteiger partial charge in [-0.05, 0) is 63.2 Å². The first-order chi connectivity index (χ1) is 13.6. The highest BCUT2D eigenvalue weighted by atomic mass is 16.5. The van der Waals surface area contributed by atoms with Crippen LogP contribution in [0.4, 0.5) is 0 Å². The number of ether oxygens (including phenoxy) is 1. The van der Waals surface area contributed by atoms with E-state index in [0.29, 0.717) is 12.5 Å². The molecule has 28 heavy (non-hydrogen) atoms. The van der Waals surface area contributed by atoms with Crippen LogP contribution >= 0.6 is 0 Å². The molecule has 0 radical (unpaired) electrons. The zero-order chi connectivity index (χ0) is 19.5. The molecule has 1 aliphatic rings. The van der Waals surface area contributed by atoms with E-state index in [1.54, 1.807) is 7.11 Å². The monoisotopic (exact) mass is 377 g/mol. The van der Waals surface area contributed by atoms with Crippen molar-refractivity contribution in [1.29, 1.82) is 0 Å². The van der Waals surface area contributed by atoms with Crippen molar-refractivity contribution in [3.05, 3.63) is 65.5 Å². The molecular formula is C22H27N5O. The van der Waals surface area contributed by atoms with Gasteiger partial charge in [-0.25, -0.2) is 9.67 Å². The number of piperidine rings is 1. The average Bonchev–Trinajstić information content (AvgIpc) is 3.12. The number of nitrogens with zero attached hydrogens (tertiary/aromatic N) is 5. The molecule has 2 aromatic heterocycles. The Morgan fingerprint density at radius 1 is 1.14 bits per heavy atom. The zero-order valence-corrected chi connectivity index (χ0v) is 16.8. The van der Waals surface area contributed by atoms with Crippen molar-refractivity contribution in [2.45, 2.75) is 38.6 Å². The van der Waals surface area contributed by atoms with E-state index in [1.165, 1.54) is 18.4 Å². The predicted octanol–water partition coefficient (Wildman–Crippen LogP) is 3.73. The SMILES string of the molecule is COc1ccc(Cc2nc([C@@H]3CCCCN3C)n(-c3ccnc(C)c3)n2)cc1. The molecule has 1 fully saturated rings. The highest BCUT2D eigenvalue weighted by Gasteiger charge is 2.27. The van der Waals surface area contributed by atoms with Gasteiger partial charge in [-0.2, -0.15) is 5.10 Å². The predicted molar refractivity (Wildman–Crippen MR) is 109 cm³/mol. The molecular weight excluding hydrogens is 350 g/mol. The first-order valence-electron chi connectivity index (χ1n) is 9.86. The van der Waals surface area contributed by atoms with Gasteiger partial charge in [0.05, 0.1) is 18.8 Å². The van der Waals surface area contributed by atoms with Crippen molar-refractivity contribution in [3.8, 4) is 11.4 Å². The number of aromatic nitrogens is 4. The molecule has 0 bridgehead atoms. The summed E-state index contributed by atoms with van der Waals surface area (Å²) < 4.78 is 7.27. The third kappa shape index (κ3) is 3.92. The van der Waals surface area contributed by atoms with E-state index in [0.717, 1.165) is 41.7 Å². The van der Waals surface area contributed by atoms with Crippen molar-refractivity contribution < 1.29 is 4.74 Å². The van der Waals surface area contributed by atoms with E-state index in [2.05, 4.69) is 35.1 Å². The molecule has 0 spiro atoms. The fourth-order valence-electron chi connectivity index (χ4n) is 3.84. The third-order valence-corrected chi connectivity index (χ3v) is 5.39. The van der Waals surface area contributed by atoms with Crippen LogP contribution < -0.4 is 4.74 Å². The second kappa shape index (κ2) is 8.10. The smallest absolute Gasteiger partial charge is 0.155 e. The largest absolute Gasteiger partial charge is 0.497 e. The first-order valence-corrected chi connectivity index (χ1v) is 9.86. The minimum absolute atomic E-state index is 0.291. The Morgan fingerprint density at radius 2 is 1.96 bits per heavy atom. The van der Waals surface area contributed by atoms with E-state index in [4.69, 9.17) is 14.8 Å². The molecule has 6 nitrogen and oxygen atoms in total. The van der Waals surface area contributed by atoms with Gasteiger partial charge in [0.15, 0.2) is 5.82 Å². The topological polar surface area (TPSA) is 56.1 Å². The summed E-state index contributed by atoms with van der Waals surface area (Å²) in [4.78, 5) is 11.7. The van der Waals surface area contributed by atoms with Gasteiger partial charge in [-0.3, -0.25) is 9.88 Å². The highest BCUT2D eigenvalue weighted by Crippen LogP contribution is 2.30. The Hall–Kier alpha value is -2.73. The summed E-state index contributed by atoms with van der Waals surface area (Å²) in [6.07, 6.45) is 6.12. The fourth-order valence-corrected chi connectivity index (χ4v) is 3.84. The second-order valence-electron chi connectivity index (χ2n) is 7.47. The van der Waals surface area contributed by atoms with E-state index in [-0.39, 0.29) is 0 Å². The Kier molecular flexibility index (Phi) is 5.39. The molecule has 1 aromatic carbocycles. The number of hydrogen-bond acceptors (Lipinski definition) is 5. The molecule has 0 unspecified atom stereocenters. The molecule has 1 atom stereocenters. The maximum Gasteiger partial charge on any atom is 0.155 e. The van der Waals surface area contributed by atoms with Crippen LogP contribution in [0.2, 0.25) is 0 Å². The number of aryl methyl sites for hydroxylation is 1. The van der Waals surface area contributed by atoms with Crippen LogP contribution in [0.3, 0.4) is 0 Å². The molecule has 0 N–H and O–H groups in total. The molecule has 0 saturated carbocycles. The average molecular weight is 377 g/mol. The van der Waals surface area contributed by atoms with Crippen molar-refractivity contribution in [1.82, 2.24) is 24.6 Å². The highest BCUT2D eigenvalue weighted by molar-refractivity contribution is 5.33. The summed E-state index contributed by atoms with van der Waals surface area (Å²) in [7, 11) is 3.87. The van der Waals surface area contributed by atoms with Gasteiger partial charge in [-0.15, -0.1) is 0 Å². The molecule has 0 aliphatic carbocycles. The minimum Gasteiger partial charge on any atom is -0.497 e. The van der Waals surface area contributed by atoms with Crippen LogP contribution in [0.15, 0.2) is 42.6 Å². The number of rotatable bonds is 5. The lowest BCUT2D eigenvalue weighted by Crippen LogP contribution is -2.31. The molecule has 4 rings (SSSR count). The number of pyridine rings is 1. The fraction of sp³-hybridized carbons (Fsp3) is 0.409. The maximum absolute atomic E-state index is 5.26. The Balaban J connectivity index is 1.70. The molecule has 3 aromatic rings. The lowest BCUT2D eigenvalue weighted by atomic mass is 10.0. The molecule has 0 amide bonds. The number of hydrogen-bond donors (Lipinski definition) is 0. The first kappa shape index (κ1) is 18.6. The van der Waals surface area contributed by atoms with E-state index in [9.17, 15) is 0 Å². The van der Waals surface area contributed by atoms with Gasteiger partial charge in [0, 0.05) is 18.3 Å². The van der Waals surface area contributed by atoms with Crippen molar-refractivity contribution in [3.63, 3.8) is 0 Å². The van der Waals surface area contributed by atoms with Crippen molar-refractivity contribution in [2.75, 3.05) is 20.7 Å². The van der Waals surface area contributed by atoms with E-state index < -0.39 is 0 Å². The Bertz CT molecular complexity index is 934. The van der Waals surface area contributed by atoms with Crippen LogP contribution in [0.1, 0.15) is 48.2 Å². The normalized spacial score (nSPS) is 17.6. The maximum atomic E-state index is 5.26. The number of benzene rings is 1. The summed E-state index contributed by atoms with van der Waals surface area (Å²) in [6, 6.07) is 12.5. The Labute approximate surface area is 166 Å². The summed E-state index contributed by atoms with van der Waals surface area (Å²) in [6.45, 7) is 3.10. The summed E-state index contributed by atoms with van der Waals surface area (Å²) in [5, 5.41) is 4.89. The zero-order valence-electron chi connectivity index (χ0n) is 16.8. The van der Waals surface area contributed by atoms with Gasteiger partial charge in [0.2, 0.25) is 0 Å². The van der Waals surface area contributed by atoms with Gasteiger partial charge < -0.3 is 4.74 Å². The molecule has 1 aliphatic heterocycles. The van der Waals surface area contributed by atoms with Crippen LogP contribution in [-0.2, 0) is 6.42 Å². The van der Waals surface area contributed by atoms with Gasteiger partial charge in [-0.1, -0.05) is 18.6 Å². The quantitative estimate of drug-likeness (QED) is 0.678. The van der Waals surface area contributed by atoms with Crippen LogP contribution in [0.5, 0.6) is 5.75 Å². The number of likely N-dealkylation sites (tertiary alicyclic amines) is 1. The lowest BCUT2D eigenvalue weighted by molar-refractivity contribution is 0.177. The number of methoxy groups -OCH3 is 1. The van der Waals surface area contributed by atoms with Crippen molar-refractivity contribution in [2.24, 2.45) is 0 Å². The van der Waals surface area contributed by atoms with E-state index in [1.807, 2.05) is 36.0 Å². The lowest BCUT2D eigenvalue weighted by Gasteiger charge is -2.31. The molecule has 3 heterocycles. The standard InChI is InChI=1S/C22H27N5O/c1-16-14-18(11-12-23-16)27-22(20-6-4-5-13-26(20)2)24-21(25-27)15-17-7-9-19(28-3)10-8-17/h7-12,14,20H,4-6,13,15H2,1-3H3/t20-/m0/s1. The summed E-state index contributed by atoms with van der Waals surface area (Å²) in [5.74, 6) is 2.73. The van der Waals surface area contributed by atoms with Gasteiger partial charge in [0.1, 0.15) is 11.6 Å². The molecule has 146 valence electrons. The van der Waals surface area contributed by atoms with E-state index >= 15 is 0 Å². The van der Waals surface area contributed by atoms with Crippen LogP contribution in [-0.4, -0.2) is 45.4 Å². The van der Waals surface area contributed by atoms with Crippen LogP contribution in [0.25, 0.3) is 5.69 Å². The molecule has 6 heteroatoms. The second-order valence-corrected chi connectivity index (χ2v) is 7.47. The summed E-state index contributed by atoms with van der Waals surface area (Å²) >= 11 is 0. The third-order valence-electron chi connectivity index (χ3n) is 5.39. The minimum atomic E-state index is 0.291. The molecule has 1 saturated heterocycles. The van der Waals surface area contributed by atoms with Gasteiger partial charge in [0.25, 0.3) is 0 Å². The van der Waals surface area contributed by atoms with Crippen molar-refractivity contribution >= 4 is 0 Å². The summed E-state index contributed by atoms with van der Waals surface area (Å²) in [5.41, 5.74) is 3.18. The van der Waals surface area contributed by atoms with Gasteiger partial charge >= 0.3 is 0 Å².